The number of likely N-dealkylation sites (tertiary alicyclic amines) is 1. The maximum Gasteiger partial charge on any atom is 0.162 e. The number of hydrogen-bond donors (Lipinski definition) is 2. The summed E-state index contributed by atoms with van der Waals surface area (Å²) in [6.07, 6.45) is 3.75. The predicted molar refractivity (Wildman–Crippen MR) is 103 cm³/mol. The van der Waals surface area contributed by atoms with Crippen molar-refractivity contribution < 1.29 is 24.5 Å². The maximum absolute atomic E-state index is 12.9. The van der Waals surface area contributed by atoms with Crippen molar-refractivity contribution >= 4 is 5.78 Å². The average molecular weight is 387 g/mol. The van der Waals surface area contributed by atoms with E-state index in [4.69, 9.17) is 9.47 Å². The number of methoxy groups -OCH3 is 2. The molecule has 3 aliphatic carbocycles. The van der Waals surface area contributed by atoms with Crippen LogP contribution in [0.25, 0.3) is 0 Å². The molecule has 2 N–H and O–H groups in total. The molecule has 6 nitrogen and oxygen atoms in total. The fourth-order valence-corrected chi connectivity index (χ4v) is 6.19. The second-order valence-electron chi connectivity index (χ2n) is 9.14. The number of Topliss-reactive ketones (excluding diaryl/α,β-unsaturated/α-hetero) is 1. The molecule has 0 spiro atoms. The van der Waals surface area contributed by atoms with E-state index >= 15 is 0 Å². The van der Waals surface area contributed by atoms with Crippen molar-refractivity contribution in [2.24, 2.45) is 5.92 Å². The van der Waals surface area contributed by atoms with Gasteiger partial charge < -0.3 is 19.7 Å². The Hall–Kier alpha value is -1.63. The number of piperidine rings is 1. The number of carbonyl (C=O) groups is 1. The lowest BCUT2D eigenvalue weighted by atomic mass is 9.48. The Labute approximate surface area is 165 Å². The Morgan fingerprint density at radius 2 is 2.07 bits per heavy atom. The van der Waals surface area contributed by atoms with Gasteiger partial charge in [0.2, 0.25) is 0 Å². The van der Waals surface area contributed by atoms with Gasteiger partial charge >= 0.3 is 0 Å². The third-order valence-electron chi connectivity index (χ3n) is 7.79. The van der Waals surface area contributed by atoms with Crippen LogP contribution in [0.5, 0.6) is 11.5 Å². The number of carbonyl (C=O) groups excluding carboxylic acids is 1. The largest absolute Gasteiger partial charge is 0.504 e. The lowest BCUT2D eigenvalue weighted by Gasteiger charge is -2.64. The van der Waals surface area contributed by atoms with E-state index in [9.17, 15) is 15.0 Å². The molecular formula is C22H29NO5. The summed E-state index contributed by atoms with van der Waals surface area (Å²) in [5.41, 5.74) is -0.140. The minimum absolute atomic E-state index is 0.0108. The first-order valence-electron chi connectivity index (χ1n) is 10.3. The second-order valence-corrected chi connectivity index (χ2v) is 9.14. The van der Waals surface area contributed by atoms with Gasteiger partial charge in [0.15, 0.2) is 17.3 Å². The first-order chi connectivity index (χ1) is 13.4. The number of ketones is 1. The molecule has 0 amide bonds. The number of aliphatic hydroxyl groups is 1. The van der Waals surface area contributed by atoms with E-state index in [2.05, 4.69) is 4.90 Å². The van der Waals surface area contributed by atoms with Crippen LogP contribution >= 0.6 is 0 Å². The molecule has 3 fully saturated rings. The molecule has 1 aliphatic heterocycles. The number of phenolic OH excluding ortho intramolecular Hbond substituents is 1. The Bertz CT molecular complexity index is 821. The van der Waals surface area contributed by atoms with Gasteiger partial charge in [-0.1, -0.05) is 6.07 Å². The van der Waals surface area contributed by atoms with E-state index in [1.54, 1.807) is 13.2 Å². The molecule has 4 aliphatic rings. The van der Waals surface area contributed by atoms with Crippen molar-refractivity contribution in [2.75, 3.05) is 27.3 Å². The number of aromatic hydroxyl groups is 1. The SMILES string of the molecule is COc1ccc2c(c1O)[C@@]13CCN(CC4CC4)[C@@H](C2)[C@@]1(O)CC(OC)C(=O)C3. The van der Waals surface area contributed by atoms with E-state index in [1.165, 1.54) is 20.0 Å². The van der Waals surface area contributed by atoms with Crippen molar-refractivity contribution in [1.82, 2.24) is 4.90 Å². The van der Waals surface area contributed by atoms with Gasteiger partial charge in [0.25, 0.3) is 0 Å². The summed E-state index contributed by atoms with van der Waals surface area (Å²) in [6, 6.07) is 3.72. The molecule has 152 valence electrons. The zero-order chi connectivity index (χ0) is 19.7. The molecule has 1 saturated heterocycles. The van der Waals surface area contributed by atoms with Gasteiger partial charge in [-0.05, 0) is 49.8 Å². The Morgan fingerprint density at radius 1 is 1.29 bits per heavy atom. The van der Waals surface area contributed by atoms with Crippen LogP contribution in [-0.4, -0.2) is 66.0 Å². The number of nitrogens with zero attached hydrogens (tertiary/aromatic N) is 1. The van der Waals surface area contributed by atoms with Crippen molar-refractivity contribution in [3.63, 3.8) is 0 Å². The van der Waals surface area contributed by atoms with Gasteiger partial charge in [-0.3, -0.25) is 9.69 Å². The summed E-state index contributed by atoms with van der Waals surface area (Å²) in [5.74, 6) is 1.22. The fraction of sp³-hybridized carbons (Fsp3) is 0.682. The molecular weight excluding hydrogens is 358 g/mol. The molecule has 1 aromatic carbocycles. The maximum atomic E-state index is 12.9. The van der Waals surface area contributed by atoms with Gasteiger partial charge in [-0.25, -0.2) is 0 Å². The van der Waals surface area contributed by atoms with Gasteiger partial charge in [0, 0.05) is 43.5 Å². The highest BCUT2D eigenvalue weighted by Gasteiger charge is 2.67. The number of phenols is 1. The molecule has 1 heterocycles. The summed E-state index contributed by atoms with van der Waals surface area (Å²) in [4.78, 5) is 15.3. The molecule has 4 atom stereocenters. The predicted octanol–water partition coefficient (Wildman–Crippen LogP) is 1.79. The highest BCUT2D eigenvalue weighted by molar-refractivity contribution is 5.87. The van der Waals surface area contributed by atoms with Crippen LogP contribution < -0.4 is 4.74 Å². The third-order valence-corrected chi connectivity index (χ3v) is 7.79. The van der Waals surface area contributed by atoms with Crippen LogP contribution in [0.2, 0.25) is 0 Å². The monoisotopic (exact) mass is 387 g/mol. The van der Waals surface area contributed by atoms with Crippen LogP contribution in [-0.2, 0) is 21.4 Å². The van der Waals surface area contributed by atoms with E-state index in [0.717, 1.165) is 30.1 Å². The van der Waals surface area contributed by atoms with E-state index in [-0.39, 0.29) is 30.4 Å². The highest BCUT2D eigenvalue weighted by Crippen LogP contribution is 2.61. The van der Waals surface area contributed by atoms with Crippen LogP contribution in [0.15, 0.2) is 12.1 Å². The summed E-state index contributed by atoms with van der Waals surface area (Å²) in [6.45, 7) is 1.84. The van der Waals surface area contributed by atoms with Crippen LogP contribution in [0.1, 0.15) is 43.2 Å². The van der Waals surface area contributed by atoms with Crippen molar-refractivity contribution in [3.05, 3.63) is 23.3 Å². The molecule has 2 saturated carbocycles. The summed E-state index contributed by atoms with van der Waals surface area (Å²) >= 11 is 0. The van der Waals surface area contributed by atoms with E-state index in [1.807, 2.05) is 6.07 Å². The summed E-state index contributed by atoms with van der Waals surface area (Å²) < 4.78 is 10.8. The number of ether oxygens (including phenoxy) is 2. The van der Waals surface area contributed by atoms with Crippen molar-refractivity contribution in [3.8, 4) is 11.5 Å². The lowest BCUT2D eigenvalue weighted by molar-refractivity contribution is -0.192. The third kappa shape index (κ3) is 2.34. The minimum atomic E-state index is -1.11. The minimum Gasteiger partial charge on any atom is -0.504 e. The first-order valence-corrected chi connectivity index (χ1v) is 10.3. The number of benzene rings is 1. The second kappa shape index (κ2) is 6.18. The number of rotatable bonds is 4. The van der Waals surface area contributed by atoms with Crippen LogP contribution in [0.3, 0.4) is 0 Å². The van der Waals surface area contributed by atoms with Gasteiger partial charge in [-0.15, -0.1) is 0 Å². The fourth-order valence-electron chi connectivity index (χ4n) is 6.19. The smallest absolute Gasteiger partial charge is 0.162 e. The molecule has 28 heavy (non-hydrogen) atoms. The average Bonchev–Trinajstić information content (AvgIpc) is 3.48. The summed E-state index contributed by atoms with van der Waals surface area (Å²) in [7, 11) is 3.07. The highest BCUT2D eigenvalue weighted by atomic mass is 16.5. The van der Waals surface area contributed by atoms with Crippen molar-refractivity contribution in [1.29, 1.82) is 0 Å². The topological polar surface area (TPSA) is 79.2 Å². The van der Waals surface area contributed by atoms with Crippen molar-refractivity contribution in [2.45, 2.75) is 61.7 Å². The van der Waals surface area contributed by atoms with Crippen LogP contribution in [0.4, 0.5) is 0 Å². The Morgan fingerprint density at radius 3 is 2.75 bits per heavy atom. The molecule has 1 aromatic rings. The standard InChI is InChI=1S/C22H29NO5/c1-27-16-6-5-14-9-18-22(26)11-17(28-2)15(24)10-21(22,19(14)20(16)25)7-8-23(18)12-13-3-4-13/h5-6,13,17-18,25-26H,3-4,7-12H2,1-2H3/t17?,18-,21-,22-/m0/s1. The quantitative estimate of drug-likeness (QED) is 0.820. The lowest BCUT2D eigenvalue weighted by Crippen LogP contribution is -2.75. The number of fused-ring (bicyclic) bond motifs is 1. The van der Waals surface area contributed by atoms with Gasteiger partial charge in [0.05, 0.1) is 12.7 Å². The molecule has 1 unspecified atom stereocenters. The van der Waals surface area contributed by atoms with Crippen LogP contribution in [0, 0.1) is 5.92 Å². The Balaban J connectivity index is 1.68. The molecule has 5 rings (SSSR count). The zero-order valence-corrected chi connectivity index (χ0v) is 16.6. The molecule has 0 aromatic heterocycles. The number of hydrogen-bond acceptors (Lipinski definition) is 6. The Kier molecular flexibility index (Phi) is 4.06. The molecule has 2 bridgehead atoms. The normalized spacial score (nSPS) is 37.3. The van der Waals surface area contributed by atoms with E-state index < -0.39 is 17.1 Å². The van der Waals surface area contributed by atoms with Gasteiger partial charge in [-0.2, -0.15) is 0 Å². The first kappa shape index (κ1) is 18.4. The molecule has 6 heteroatoms. The molecule has 0 radical (unpaired) electrons. The van der Waals surface area contributed by atoms with E-state index in [0.29, 0.717) is 18.6 Å². The summed E-state index contributed by atoms with van der Waals surface area (Å²) in [5, 5.41) is 23.2. The van der Waals surface area contributed by atoms with Gasteiger partial charge in [0.1, 0.15) is 6.10 Å². The zero-order valence-electron chi connectivity index (χ0n) is 16.6.